The normalized spacial score (nSPS) is 10.5. The molecule has 2 aromatic heterocycles. The molecule has 0 fully saturated rings. The van der Waals surface area contributed by atoms with Crippen LogP contribution in [0.1, 0.15) is 0 Å². The first-order valence-corrected chi connectivity index (χ1v) is 5.58. The van der Waals surface area contributed by atoms with Crippen LogP contribution >= 0.6 is 11.6 Å². The molecule has 0 unspecified atom stereocenters. The van der Waals surface area contributed by atoms with Crippen molar-refractivity contribution in [2.75, 3.05) is 0 Å². The van der Waals surface area contributed by atoms with Gasteiger partial charge in [-0.15, -0.1) is 0 Å². The molecule has 6 heteroatoms. The summed E-state index contributed by atoms with van der Waals surface area (Å²) >= 11 is 6.07. The van der Waals surface area contributed by atoms with Crippen LogP contribution in [0.4, 0.5) is 0 Å². The standard InChI is InChI=1S/C12H7ClN4O/c13-10-4-2-1-3-9(10)11-16-12(18-17-11)8-5-6-14-15-7-8/h1-7H. The van der Waals surface area contributed by atoms with E-state index in [2.05, 4.69) is 20.3 Å². The van der Waals surface area contributed by atoms with Gasteiger partial charge in [0.2, 0.25) is 5.82 Å². The third kappa shape index (κ3) is 1.96. The van der Waals surface area contributed by atoms with Crippen LogP contribution in [0, 0.1) is 0 Å². The highest BCUT2D eigenvalue weighted by atomic mass is 35.5. The molecule has 0 aliphatic carbocycles. The van der Waals surface area contributed by atoms with E-state index in [1.165, 1.54) is 0 Å². The summed E-state index contributed by atoms with van der Waals surface area (Å²) in [6.07, 6.45) is 3.12. The predicted octanol–water partition coefficient (Wildman–Crippen LogP) is 2.85. The van der Waals surface area contributed by atoms with E-state index >= 15 is 0 Å². The van der Waals surface area contributed by atoms with Crippen LogP contribution in [0.25, 0.3) is 22.8 Å². The zero-order valence-electron chi connectivity index (χ0n) is 9.12. The quantitative estimate of drug-likeness (QED) is 0.707. The van der Waals surface area contributed by atoms with E-state index in [0.29, 0.717) is 16.7 Å². The summed E-state index contributed by atoms with van der Waals surface area (Å²) in [5.41, 5.74) is 1.45. The fraction of sp³-hybridized carbons (Fsp3) is 0. The maximum Gasteiger partial charge on any atom is 0.259 e. The first-order valence-electron chi connectivity index (χ1n) is 5.20. The van der Waals surface area contributed by atoms with E-state index in [4.69, 9.17) is 16.1 Å². The Balaban J connectivity index is 2.03. The molecule has 0 saturated carbocycles. The topological polar surface area (TPSA) is 64.7 Å². The molecule has 0 saturated heterocycles. The van der Waals surface area contributed by atoms with Crippen molar-refractivity contribution < 1.29 is 4.52 Å². The Morgan fingerprint density at radius 3 is 2.72 bits per heavy atom. The number of benzene rings is 1. The summed E-state index contributed by atoms with van der Waals surface area (Å²) in [6, 6.07) is 9.07. The van der Waals surface area contributed by atoms with Crippen molar-refractivity contribution in [3.63, 3.8) is 0 Å². The first-order chi connectivity index (χ1) is 8.84. The van der Waals surface area contributed by atoms with Crippen molar-refractivity contribution in [2.24, 2.45) is 0 Å². The molecule has 0 aliphatic heterocycles. The lowest BCUT2D eigenvalue weighted by Crippen LogP contribution is -1.84. The van der Waals surface area contributed by atoms with Crippen molar-refractivity contribution >= 4 is 11.6 Å². The van der Waals surface area contributed by atoms with Gasteiger partial charge < -0.3 is 4.52 Å². The molecule has 88 valence electrons. The van der Waals surface area contributed by atoms with E-state index in [1.54, 1.807) is 24.5 Å². The Hall–Kier alpha value is -2.27. The van der Waals surface area contributed by atoms with Gasteiger partial charge in [0.05, 0.1) is 23.0 Å². The fourth-order valence-corrected chi connectivity index (χ4v) is 1.73. The molecule has 0 amide bonds. The van der Waals surface area contributed by atoms with E-state index in [-0.39, 0.29) is 0 Å². The second-order valence-electron chi connectivity index (χ2n) is 3.53. The molecule has 0 bridgehead atoms. The Labute approximate surface area is 107 Å². The lowest BCUT2D eigenvalue weighted by atomic mass is 10.2. The van der Waals surface area contributed by atoms with Gasteiger partial charge in [0, 0.05) is 5.56 Å². The molecule has 3 aromatic rings. The van der Waals surface area contributed by atoms with Crippen LogP contribution in [0.5, 0.6) is 0 Å². The highest BCUT2D eigenvalue weighted by Crippen LogP contribution is 2.26. The minimum Gasteiger partial charge on any atom is -0.334 e. The maximum absolute atomic E-state index is 6.07. The van der Waals surface area contributed by atoms with Crippen LogP contribution in [0.3, 0.4) is 0 Å². The Morgan fingerprint density at radius 1 is 1.06 bits per heavy atom. The zero-order valence-corrected chi connectivity index (χ0v) is 9.87. The smallest absolute Gasteiger partial charge is 0.259 e. The van der Waals surface area contributed by atoms with Crippen molar-refractivity contribution in [1.82, 2.24) is 20.3 Å². The van der Waals surface area contributed by atoms with E-state index in [0.717, 1.165) is 11.1 Å². The van der Waals surface area contributed by atoms with Gasteiger partial charge in [-0.3, -0.25) is 0 Å². The highest BCUT2D eigenvalue weighted by molar-refractivity contribution is 6.33. The van der Waals surface area contributed by atoms with Crippen molar-refractivity contribution in [2.45, 2.75) is 0 Å². The summed E-state index contributed by atoms with van der Waals surface area (Å²) in [5, 5.41) is 11.9. The summed E-state index contributed by atoms with van der Waals surface area (Å²) in [6.45, 7) is 0. The number of hydrogen-bond donors (Lipinski definition) is 0. The molecular weight excluding hydrogens is 252 g/mol. The highest BCUT2D eigenvalue weighted by Gasteiger charge is 2.12. The fourth-order valence-electron chi connectivity index (χ4n) is 1.51. The van der Waals surface area contributed by atoms with Gasteiger partial charge in [-0.1, -0.05) is 28.9 Å². The van der Waals surface area contributed by atoms with Crippen molar-refractivity contribution in [3.8, 4) is 22.8 Å². The van der Waals surface area contributed by atoms with Crippen molar-refractivity contribution in [3.05, 3.63) is 47.7 Å². The molecule has 2 heterocycles. The number of aromatic nitrogens is 4. The molecule has 0 spiro atoms. The first kappa shape index (κ1) is 10.9. The average molecular weight is 259 g/mol. The molecule has 1 aromatic carbocycles. The van der Waals surface area contributed by atoms with Crippen LogP contribution < -0.4 is 0 Å². The van der Waals surface area contributed by atoms with Gasteiger partial charge in [-0.2, -0.15) is 15.2 Å². The van der Waals surface area contributed by atoms with E-state index < -0.39 is 0 Å². The third-order valence-corrected chi connectivity index (χ3v) is 2.70. The summed E-state index contributed by atoms with van der Waals surface area (Å²) in [7, 11) is 0. The molecule has 0 atom stereocenters. The van der Waals surface area contributed by atoms with Crippen LogP contribution in [0.2, 0.25) is 5.02 Å². The lowest BCUT2D eigenvalue weighted by Gasteiger charge is -1.95. The molecule has 3 rings (SSSR count). The largest absolute Gasteiger partial charge is 0.334 e. The van der Waals surface area contributed by atoms with E-state index in [9.17, 15) is 0 Å². The maximum atomic E-state index is 6.07. The number of nitrogens with zero attached hydrogens (tertiary/aromatic N) is 4. The second kappa shape index (κ2) is 4.54. The van der Waals surface area contributed by atoms with Crippen LogP contribution in [-0.2, 0) is 0 Å². The molecule has 0 radical (unpaired) electrons. The summed E-state index contributed by atoms with van der Waals surface area (Å²) < 4.78 is 5.17. The SMILES string of the molecule is Clc1ccccc1-c1noc(-c2ccnnc2)n1. The van der Waals surface area contributed by atoms with Gasteiger partial charge in [-0.05, 0) is 18.2 Å². The minimum absolute atomic E-state index is 0.389. The van der Waals surface area contributed by atoms with Gasteiger partial charge in [0.15, 0.2) is 0 Å². The number of hydrogen-bond acceptors (Lipinski definition) is 5. The molecule has 18 heavy (non-hydrogen) atoms. The van der Waals surface area contributed by atoms with Gasteiger partial charge >= 0.3 is 0 Å². The predicted molar refractivity (Wildman–Crippen MR) is 65.8 cm³/mol. The Morgan fingerprint density at radius 2 is 1.94 bits per heavy atom. The summed E-state index contributed by atoms with van der Waals surface area (Å²) in [4.78, 5) is 4.28. The molecule has 0 N–H and O–H groups in total. The average Bonchev–Trinajstić information content (AvgIpc) is 2.90. The molecule has 5 nitrogen and oxygen atoms in total. The van der Waals surface area contributed by atoms with Crippen LogP contribution in [0.15, 0.2) is 47.2 Å². The molecular formula is C12H7ClN4O. The molecule has 0 aliphatic rings. The van der Waals surface area contributed by atoms with Gasteiger partial charge in [0.1, 0.15) is 0 Å². The van der Waals surface area contributed by atoms with Crippen LogP contribution in [-0.4, -0.2) is 20.3 Å². The van der Waals surface area contributed by atoms with Gasteiger partial charge in [-0.25, -0.2) is 0 Å². The summed E-state index contributed by atoms with van der Waals surface area (Å²) in [5.74, 6) is 0.840. The van der Waals surface area contributed by atoms with E-state index in [1.807, 2.05) is 18.2 Å². The lowest BCUT2D eigenvalue weighted by molar-refractivity contribution is 0.432. The number of rotatable bonds is 2. The number of halogens is 1. The Kier molecular flexibility index (Phi) is 2.74. The third-order valence-electron chi connectivity index (χ3n) is 2.37. The minimum atomic E-state index is 0.389. The van der Waals surface area contributed by atoms with Gasteiger partial charge in [0.25, 0.3) is 5.89 Å². The second-order valence-corrected chi connectivity index (χ2v) is 3.94. The van der Waals surface area contributed by atoms with Crippen molar-refractivity contribution in [1.29, 1.82) is 0 Å². The zero-order chi connectivity index (χ0) is 12.4. The monoisotopic (exact) mass is 258 g/mol. The Bertz CT molecular complexity index is 669.